The maximum absolute atomic E-state index is 11.4. The van der Waals surface area contributed by atoms with Crippen LogP contribution in [0.5, 0.6) is 0 Å². The number of para-hydroxylation sites is 1. The van der Waals surface area contributed by atoms with Crippen LogP contribution in [-0.2, 0) is 11.8 Å². The summed E-state index contributed by atoms with van der Waals surface area (Å²) in [5.74, 6) is -0.0185. The number of benzene rings is 1. The van der Waals surface area contributed by atoms with Crippen LogP contribution < -0.4 is 0 Å². The highest BCUT2D eigenvalue weighted by Gasteiger charge is 2.17. The summed E-state index contributed by atoms with van der Waals surface area (Å²) in [5, 5.41) is 14.9. The number of aliphatic carboxylic acids is 1. The maximum atomic E-state index is 11.4. The number of hydrogen-bond donors (Lipinski definition) is 1. The highest BCUT2D eigenvalue weighted by Crippen LogP contribution is 2.26. The fourth-order valence-corrected chi connectivity index (χ4v) is 2.87. The monoisotopic (exact) mass is 309 g/mol. The highest BCUT2D eigenvalue weighted by atomic mass is 16.4. The van der Waals surface area contributed by atoms with Crippen LogP contribution in [0.2, 0.25) is 0 Å². The third-order valence-electron chi connectivity index (χ3n) is 4.04. The Labute approximate surface area is 134 Å². The molecule has 0 fully saturated rings. The third kappa shape index (κ3) is 2.54. The maximum Gasteiger partial charge on any atom is 0.331 e. The van der Waals surface area contributed by atoms with Gasteiger partial charge in [0.25, 0.3) is 0 Å². The lowest BCUT2D eigenvalue weighted by Crippen LogP contribution is -2.04. The summed E-state index contributed by atoms with van der Waals surface area (Å²) in [6.45, 7) is 3.74. The minimum atomic E-state index is -0.890. The lowest BCUT2D eigenvalue weighted by molar-refractivity contribution is -0.132. The molecular weight excluding hydrogens is 290 g/mol. The molecule has 0 bridgehead atoms. The van der Waals surface area contributed by atoms with E-state index in [2.05, 4.69) is 15.7 Å². The van der Waals surface area contributed by atoms with Crippen LogP contribution in [0.25, 0.3) is 22.8 Å². The van der Waals surface area contributed by atoms with E-state index in [4.69, 9.17) is 0 Å². The summed E-state index contributed by atoms with van der Waals surface area (Å²) in [7, 11) is 1.88. The fraction of sp³-hybridized carbons (Fsp3) is 0.222. The Balaban J connectivity index is 2.27. The zero-order valence-electron chi connectivity index (χ0n) is 13.4. The van der Waals surface area contributed by atoms with E-state index in [9.17, 15) is 9.90 Å². The minimum absolute atomic E-state index is 0.374. The molecule has 3 aromatic rings. The van der Waals surface area contributed by atoms with Crippen molar-refractivity contribution in [2.75, 3.05) is 0 Å². The molecule has 3 rings (SSSR count). The second kappa shape index (κ2) is 5.76. The average molecular weight is 309 g/mol. The zero-order valence-corrected chi connectivity index (χ0v) is 13.4. The van der Waals surface area contributed by atoms with Crippen LogP contribution in [0.15, 0.2) is 42.1 Å². The van der Waals surface area contributed by atoms with Crippen LogP contribution in [0.3, 0.4) is 0 Å². The number of aromatic nitrogens is 3. The van der Waals surface area contributed by atoms with E-state index >= 15 is 0 Å². The van der Waals surface area contributed by atoms with E-state index in [0.717, 1.165) is 28.0 Å². The van der Waals surface area contributed by atoms with Gasteiger partial charge in [-0.05, 0) is 36.9 Å². The molecule has 0 unspecified atom stereocenters. The van der Waals surface area contributed by atoms with Crippen molar-refractivity contribution in [2.24, 2.45) is 7.05 Å². The van der Waals surface area contributed by atoms with Gasteiger partial charge in [0.2, 0.25) is 0 Å². The van der Waals surface area contributed by atoms with Crippen molar-refractivity contribution in [3.05, 3.63) is 53.4 Å². The van der Waals surface area contributed by atoms with E-state index in [1.807, 2.05) is 51.4 Å². The van der Waals surface area contributed by atoms with E-state index < -0.39 is 5.97 Å². The molecule has 2 heterocycles. The van der Waals surface area contributed by atoms with Crippen molar-refractivity contribution < 1.29 is 9.90 Å². The van der Waals surface area contributed by atoms with Crippen LogP contribution in [0.4, 0.5) is 0 Å². The summed E-state index contributed by atoms with van der Waals surface area (Å²) in [6.07, 6.45) is 4.19. The van der Waals surface area contributed by atoms with Crippen molar-refractivity contribution in [1.29, 1.82) is 0 Å². The van der Waals surface area contributed by atoms with Gasteiger partial charge in [0.05, 0.1) is 11.2 Å². The van der Waals surface area contributed by atoms with Crippen molar-refractivity contribution in [3.63, 3.8) is 0 Å². The normalized spacial score (nSPS) is 12.0. The molecule has 0 aliphatic heterocycles. The van der Waals surface area contributed by atoms with Crippen LogP contribution in [-0.4, -0.2) is 25.4 Å². The van der Waals surface area contributed by atoms with Gasteiger partial charge < -0.3 is 9.67 Å². The predicted octanol–water partition coefficient (Wildman–Crippen LogP) is 3.55. The number of hydrogen-bond acceptors (Lipinski definition) is 2. The molecular formula is C18H19N3O2. The molecule has 0 radical (unpaired) electrons. The molecule has 2 aromatic heterocycles. The van der Waals surface area contributed by atoms with Gasteiger partial charge >= 0.3 is 5.97 Å². The summed E-state index contributed by atoms with van der Waals surface area (Å²) in [6, 6.07) is 10.1. The Morgan fingerprint density at radius 1 is 1.30 bits per heavy atom. The number of fused-ring (bicyclic) bond motifs is 1. The third-order valence-corrected chi connectivity index (χ3v) is 4.04. The van der Waals surface area contributed by atoms with E-state index in [1.165, 1.54) is 0 Å². The van der Waals surface area contributed by atoms with Crippen LogP contribution in [0, 0.1) is 6.92 Å². The topological polar surface area (TPSA) is 60.0 Å². The molecule has 5 heteroatoms. The number of rotatable bonds is 4. The van der Waals surface area contributed by atoms with Crippen molar-refractivity contribution in [2.45, 2.75) is 20.3 Å². The summed E-state index contributed by atoms with van der Waals surface area (Å²) >= 11 is 0. The Hall–Kier alpha value is -2.82. The molecule has 1 aromatic carbocycles. The largest absolute Gasteiger partial charge is 0.478 e. The number of nitrogens with zero attached hydrogens (tertiary/aromatic N) is 3. The van der Waals surface area contributed by atoms with Gasteiger partial charge in [0, 0.05) is 24.4 Å². The molecule has 1 N–H and O–H groups in total. The first-order valence-electron chi connectivity index (χ1n) is 7.56. The molecule has 0 saturated carbocycles. The van der Waals surface area contributed by atoms with Crippen molar-refractivity contribution >= 4 is 22.9 Å². The number of carboxylic acid groups (broad SMARTS) is 1. The van der Waals surface area contributed by atoms with Gasteiger partial charge in [-0.15, -0.1) is 0 Å². The molecule has 5 nitrogen and oxygen atoms in total. The lowest BCUT2D eigenvalue weighted by atomic mass is 10.1. The van der Waals surface area contributed by atoms with Crippen LogP contribution in [0.1, 0.15) is 24.6 Å². The molecule has 23 heavy (non-hydrogen) atoms. The summed E-state index contributed by atoms with van der Waals surface area (Å²) < 4.78 is 3.85. The Morgan fingerprint density at radius 3 is 2.74 bits per heavy atom. The second-order valence-corrected chi connectivity index (χ2v) is 5.52. The van der Waals surface area contributed by atoms with Gasteiger partial charge in [-0.3, -0.25) is 4.68 Å². The van der Waals surface area contributed by atoms with Gasteiger partial charge in [-0.2, -0.15) is 5.10 Å². The molecule has 0 atom stereocenters. The number of aryl methyl sites for hydroxylation is 2. The molecule has 118 valence electrons. The molecule has 0 spiro atoms. The minimum Gasteiger partial charge on any atom is -0.478 e. The second-order valence-electron chi connectivity index (χ2n) is 5.52. The van der Waals surface area contributed by atoms with E-state index in [-0.39, 0.29) is 0 Å². The Bertz CT molecular complexity index is 916. The number of carbonyl (C=O) groups is 1. The molecule has 0 saturated heterocycles. The van der Waals surface area contributed by atoms with Gasteiger partial charge in [-0.25, -0.2) is 4.79 Å². The van der Waals surface area contributed by atoms with Gasteiger partial charge in [0.1, 0.15) is 5.82 Å². The summed E-state index contributed by atoms with van der Waals surface area (Å²) in [4.78, 5) is 11.4. The fourth-order valence-electron chi connectivity index (χ4n) is 2.87. The molecule has 0 amide bonds. The first kappa shape index (κ1) is 15.1. The number of carboxylic acids is 1. The van der Waals surface area contributed by atoms with Crippen molar-refractivity contribution in [1.82, 2.24) is 14.3 Å². The lowest BCUT2D eigenvalue weighted by Gasteiger charge is -2.08. The first-order chi connectivity index (χ1) is 11.0. The SMILES string of the molecule is CC/C(=C\c1c(C)nn(C)c1-n1ccc2ccccc21)C(=O)O. The summed E-state index contributed by atoms with van der Waals surface area (Å²) in [5.41, 5.74) is 3.10. The zero-order chi connectivity index (χ0) is 16.6. The Kier molecular flexibility index (Phi) is 3.78. The van der Waals surface area contributed by atoms with Gasteiger partial charge in [0.15, 0.2) is 0 Å². The Morgan fingerprint density at radius 2 is 2.04 bits per heavy atom. The van der Waals surface area contributed by atoms with E-state index in [0.29, 0.717) is 12.0 Å². The molecule has 0 aliphatic rings. The average Bonchev–Trinajstić information content (AvgIpc) is 3.05. The van der Waals surface area contributed by atoms with E-state index in [1.54, 1.807) is 10.8 Å². The quantitative estimate of drug-likeness (QED) is 0.750. The standard InChI is InChI=1S/C18H19N3O2/c1-4-13(18(22)23)11-15-12(2)19-20(3)17(15)21-10-9-14-7-5-6-8-16(14)21/h5-11H,4H2,1-3H3,(H,22,23)/b13-11+. The first-order valence-corrected chi connectivity index (χ1v) is 7.56. The van der Waals surface area contributed by atoms with Crippen molar-refractivity contribution in [3.8, 4) is 5.82 Å². The van der Waals surface area contributed by atoms with Gasteiger partial charge in [-0.1, -0.05) is 25.1 Å². The highest BCUT2D eigenvalue weighted by molar-refractivity contribution is 5.93. The predicted molar refractivity (Wildman–Crippen MR) is 90.7 cm³/mol. The van der Waals surface area contributed by atoms with Crippen LogP contribution >= 0.6 is 0 Å². The smallest absolute Gasteiger partial charge is 0.331 e. The molecule has 0 aliphatic carbocycles.